The molecule has 0 aromatic heterocycles. The second-order valence-electron chi connectivity index (χ2n) is 4.52. The first-order valence-corrected chi connectivity index (χ1v) is 6.10. The Morgan fingerprint density at radius 1 is 1.31 bits per heavy atom. The zero-order chi connectivity index (χ0) is 12.1. The highest BCUT2D eigenvalue weighted by molar-refractivity contribution is 5.51. The maximum absolute atomic E-state index is 3.20. The Morgan fingerprint density at radius 2 is 2.00 bits per heavy atom. The highest BCUT2D eigenvalue weighted by atomic mass is 15.1. The van der Waals surface area contributed by atoms with Crippen molar-refractivity contribution in [3.8, 4) is 0 Å². The summed E-state index contributed by atoms with van der Waals surface area (Å²) in [6, 6.07) is 7.30. The van der Waals surface area contributed by atoms with Gasteiger partial charge in [0, 0.05) is 24.8 Å². The Balaban J connectivity index is 2.95. The number of rotatable bonds is 5. The molecular formula is C14H24N2. The predicted octanol–water partition coefficient (Wildman–Crippen LogP) is 2.95. The first-order chi connectivity index (χ1) is 7.60. The van der Waals surface area contributed by atoms with E-state index in [1.807, 2.05) is 7.05 Å². The van der Waals surface area contributed by atoms with Crippen LogP contribution in [-0.4, -0.2) is 19.6 Å². The van der Waals surface area contributed by atoms with Crippen LogP contribution in [0, 0.1) is 6.92 Å². The third-order valence-electron chi connectivity index (χ3n) is 2.99. The van der Waals surface area contributed by atoms with Crippen LogP contribution >= 0.6 is 0 Å². The van der Waals surface area contributed by atoms with E-state index in [0.29, 0.717) is 6.04 Å². The summed E-state index contributed by atoms with van der Waals surface area (Å²) in [5.41, 5.74) is 4.08. The van der Waals surface area contributed by atoms with Crippen LogP contribution in [0.1, 0.15) is 31.9 Å². The van der Waals surface area contributed by atoms with Crippen molar-refractivity contribution in [3.63, 3.8) is 0 Å². The predicted molar refractivity (Wildman–Crippen MR) is 72.1 cm³/mol. The van der Waals surface area contributed by atoms with E-state index in [1.165, 1.54) is 16.8 Å². The average molecular weight is 220 g/mol. The Kier molecular flexibility index (Phi) is 4.81. The summed E-state index contributed by atoms with van der Waals surface area (Å²) in [6.07, 6.45) is 0. The first-order valence-electron chi connectivity index (χ1n) is 6.10. The van der Waals surface area contributed by atoms with Gasteiger partial charge in [-0.2, -0.15) is 0 Å². The number of hydrogen-bond donors (Lipinski definition) is 1. The van der Waals surface area contributed by atoms with Gasteiger partial charge in [-0.25, -0.2) is 0 Å². The van der Waals surface area contributed by atoms with Crippen LogP contribution in [0.2, 0.25) is 0 Å². The molecule has 0 amide bonds. The molecule has 1 N–H and O–H groups in total. The monoisotopic (exact) mass is 220 g/mol. The van der Waals surface area contributed by atoms with Crippen molar-refractivity contribution in [2.24, 2.45) is 0 Å². The molecule has 0 bridgehead atoms. The minimum Gasteiger partial charge on any atom is -0.369 e. The summed E-state index contributed by atoms with van der Waals surface area (Å²) in [7, 11) is 1.99. The Bertz CT molecular complexity index is 332. The van der Waals surface area contributed by atoms with E-state index in [-0.39, 0.29) is 0 Å². The molecule has 0 spiro atoms. The zero-order valence-corrected chi connectivity index (χ0v) is 11.2. The van der Waals surface area contributed by atoms with Crippen molar-refractivity contribution in [2.45, 2.75) is 40.3 Å². The summed E-state index contributed by atoms with van der Waals surface area (Å²) < 4.78 is 0. The second kappa shape index (κ2) is 5.90. The molecule has 1 rings (SSSR count). The van der Waals surface area contributed by atoms with Gasteiger partial charge in [-0.05, 0) is 58.0 Å². The number of benzene rings is 1. The van der Waals surface area contributed by atoms with Crippen LogP contribution < -0.4 is 10.2 Å². The summed E-state index contributed by atoms with van der Waals surface area (Å²) in [5, 5.41) is 3.20. The molecule has 0 atom stereocenters. The van der Waals surface area contributed by atoms with Gasteiger partial charge in [0.25, 0.3) is 0 Å². The molecule has 0 aliphatic carbocycles. The molecule has 0 aliphatic rings. The van der Waals surface area contributed by atoms with Gasteiger partial charge in [-0.1, -0.05) is 6.07 Å². The van der Waals surface area contributed by atoms with E-state index in [0.717, 1.165) is 13.1 Å². The van der Waals surface area contributed by atoms with Crippen LogP contribution in [0.5, 0.6) is 0 Å². The summed E-state index contributed by atoms with van der Waals surface area (Å²) in [6.45, 7) is 10.9. The van der Waals surface area contributed by atoms with E-state index in [9.17, 15) is 0 Å². The normalized spacial score (nSPS) is 10.9. The summed E-state index contributed by atoms with van der Waals surface area (Å²) in [5.74, 6) is 0. The van der Waals surface area contributed by atoms with Gasteiger partial charge in [0.05, 0.1) is 0 Å². The molecule has 16 heavy (non-hydrogen) atoms. The van der Waals surface area contributed by atoms with Gasteiger partial charge in [-0.3, -0.25) is 0 Å². The van der Waals surface area contributed by atoms with Crippen molar-refractivity contribution in [1.82, 2.24) is 5.32 Å². The van der Waals surface area contributed by atoms with Crippen molar-refractivity contribution < 1.29 is 0 Å². The van der Waals surface area contributed by atoms with Crippen LogP contribution in [-0.2, 0) is 6.54 Å². The van der Waals surface area contributed by atoms with Crippen LogP contribution in [0.4, 0.5) is 5.69 Å². The van der Waals surface area contributed by atoms with E-state index in [2.05, 4.69) is 56.1 Å². The fourth-order valence-corrected chi connectivity index (χ4v) is 2.09. The zero-order valence-electron chi connectivity index (χ0n) is 11.2. The second-order valence-corrected chi connectivity index (χ2v) is 4.52. The van der Waals surface area contributed by atoms with Crippen molar-refractivity contribution >= 4 is 5.69 Å². The Morgan fingerprint density at radius 3 is 2.44 bits per heavy atom. The molecule has 0 aliphatic heterocycles. The molecule has 90 valence electrons. The van der Waals surface area contributed by atoms with Gasteiger partial charge in [0.2, 0.25) is 0 Å². The Labute approximate surface area is 99.7 Å². The number of nitrogens with one attached hydrogen (secondary N) is 1. The molecule has 0 radical (unpaired) electrons. The lowest BCUT2D eigenvalue weighted by molar-refractivity contribution is 0.703. The molecule has 0 fully saturated rings. The minimum absolute atomic E-state index is 0.555. The van der Waals surface area contributed by atoms with Crippen LogP contribution in [0.25, 0.3) is 0 Å². The maximum Gasteiger partial charge on any atom is 0.0371 e. The quantitative estimate of drug-likeness (QED) is 0.820. The minimum atomic E-state index is 0.555. The molecule has 1 aromatic rings. The van der Waals surface area contributed by atoms with Crippen molar-refractivity contribution in [2.75, 3.05) is 18.5 Å². The number of hydrogen-bond acceptors (Lipinski definition) is 2. The van der Waals surface area contributed by atoms with Gasteiger partial charge >= 0.3 is 0 Å². The molecule has 0 heterocycles. The number of aryl methyl sites for hydroxylation is 1. The number of nitrogens with zero attached hydrogens (tertiary/aromatic N) is 1. The molecule has 0 saturated carbocycles. The lowest BCUT2D eigenvalue weighted by Crippen LogP contribution is -2.30. The molecule has 0 saturated heterocycles. The summed E-state index contributed by atoms with van der Waals surface area (Å²) in [4.78, 5) is 2.41. The van der Waals surface area contributed by atoms with Crippen LogP contribution in [0.15, 0.2) is 18.2 Å². The highest BCUT2D eigenvalue weighted by Gasteiger charge is 2.09. The number of anilines is 1. The van der Waals surface area contributed by atoms with E-state index >= 15 is 0 Å². The van der Waals surface area contributed by atoms with Gasteiger partial charge in [0.1, 0.15) is 0 Å². The largest absolute Gasteiger partial charge is 0.369 e. The summed E-state index contributed by atoms with van der Waals surface area (Å²) >= 11 is 0. The molecule has 2 heteroatoms. The SMILES string of the molecule is CCN(c1ccc(CNC)c(C)c1)C(C)C. The van der Waals surface area contributed by atoms with E-state index in [1.54, 1.807) is 0 Å². The first kappa shape index (κ1) is 13.0. The fourth-order valence-electron chi connectivity index (χ4n) is 2.09. The molecule has 0 unspecified atom stereocenters. The van der Waals surface area contributed by atoms with Gasteiger partial charge < -0.3 is 10.2 Å². The Hall–Kier alpha value is -1.02. The van der Waals surface area contributed by atoms with Gasteiger partial charge in [-0.15, -0.1) is 0 Å². The lowest BCUT2D eigenvalue weighted by atomic mass is 10.1. The van der Waals surface area contributed by atoms with Crippen LogP contribution in [0.3, 0.4) is 0 Å². The van der Waals surface area contributed by atoms with E-state index in [4.69, 9.17) is 0 Å². The fraction of sp³-hybridized carbons (Fsp3) is 0.571. The van der Waals surface area contributed by atoms with Crippen molar-refractivity contribution in [1.29, 1.82) is 0 Å². The average Bonchev–Trinajstić information content (AvgIpc) is 2.22. The molecule has 2 nitrogen and oxygen atoms in total. The van der Waals surface area contributed by atoms with E-state index < -0.39 is 0 Å². The lowest BCUT2D eigenvalue weighted by Gasteiger charge is -2.28. The molecule has 1 aromatic carbocycles. The third-order valence-corrected chi connectivity index (χ3v) is 2.99. The third kappa shape index (κ3) is 2.99. The standard InChI is InChI=1S/C14H24N2/c1-6-16(11(2)3)14-8-7-13(10-15-5)12(4)9-14/h7-9,11,15H,6,10H2,1-5H3. The maximum atomic E-state index is 3.20. The topological polar surface area (TPSA) is 15.3 Å². The highest BCUT2D eigenvalue weighted by Crippen LogP contribution is 2.20. The molecular weight excluding hydrogens is 196 g/mol. The van der Waals surface area contributed by atoms with Crippen molar-refractivity contribution in [3.05, 3.63) is 29.3 Å². The van der Waals surface area contributed by atoms with Gasteiger partial charge in [0.15, 0.2) is 0 Å². The smallest absolute Gasteiger partial charge is 0.0371 e.